The topological polar surface area (TPSA) is 12.5 Å². The van der Waals surface area contributed by atoms with Crippen LogP contribution in [-0.4, -0.2) is 25.0 Å². The summed E-state index contributed by atoms with van der Waals surface area (Å²) in [5.41, 5.74) is 0. The van der Waals surface area contributed by atoms with Crippen molar-refractivity contribution in [3.63, 3.8) is 0 Å². The second kappa shape index (κ2) is 3.23. The van der Waals surface area contributed by atoms with Crippen molar-refractivity contribution in [2.45, 2.75) is 32.6 Å². The van der Waals surface area contributed by atoms with Gasteiger partial charge in [0.2, 0.25) is 7.41 Å². The summed E-state index contributed by atoms with van der Waals surface area (Å²) < 4.78 is 0. The fraction of sp³-hybridized carbons (Fsp3) is 1.00. The van der Waals surface area contributed by atoms with Crippen LogP contribution in [0.1, 0.15) is 20.3 Å². The van der Waals surface area contributed by atoms with Gasteiger partial charge in [-0.25, -0.2) is 4.97 Å². The third-order valence-corrected chi connectivity index (χ3v) is 1.69. The summed E-state index contributed by atoms with van der Waals surface area (Å²) in [6.07, 6.45) is 2.22. The van der Waals surface area contributed by atoms with Gasteiger partial charge in [0, 0.05) is 6.04 Å². The molecule has 1 unspecified atom stereocenters. The van der Waals surface area contributed by atoms with Crippen molar-refractivity contribution in [2.24, 2.45) is 0 Å². The van der Waals surface area contributed by atoms with E-state index in [-0.39, 0.29) is 0 Å². The first-order valence-corrected chi connectivity index (χ1v) is 3.59. The molecule has 1 radical (unpaired) electrons. The molecular formula is C6H13BNO. The Morgan fingerprint density at radius 3 is 3.00 bits per heavy atom. The number of nitrogens with zero attached hydrogens (tertiary/aromatic N) is 1. The highest BCUT2D eigenvalue weighted by Crippen LogP contribution is 2.09. The highest BCUT2D eigenvalue weighted by atomic mass is 16.7. The molecule has 1 aliphatic rings. The quantitative estimate of drug-likeness (QED) is 0.513. The van der Waals surface area contributed by atoms with Crippen molar-refractivity contribution >= 4 is 7.41 Å². The van der Waals surface area contributed by atoms with Crippen LogP contribution in [0, 0.1) is 0 Å². The second-order valence-corrected chi connectivity index (χ2v) is 2.42. The monoisotopic (exact) mass is 126 g/mol. The normalized spacial score (nSPS) is 23.8. The highest BCUT2D eigenvalue weighted by molar-refractivity contribution is 6.32. The van der Waals surface area contributed by atoms with Crippen LogP contribution in [0.5, 0.6) is 0 Å². The Labute approximate surface area is 57.4 Å². The molecule has 9 heavy (non-hydrogen) atoms. The Morgan fingerprint density at radius 2 is 2.56 bits per heavy atom. The maximum Gasteiger partial charge on any atom is 0.249 e. The molecule has 51 valence electrons. The zero-order valence-electron chi connectivity index (χ0n) is 6.13. The summed E-state index contributed by atoms with van der Waals surface area (Å²) in [4.78, 5) is 7.24. The maximum absolute atomic E-state index is 5.28. The van der Waals surface area contributed by atoms with E-state index in [0.29, 0.717) is 6.04 Å². The maximum atomic E-state index is 5.28. The molecule has 1 fully saturated rings. The molecule has 1 aliphatic heterocycles. The fourth-order valence-electron chi connectivity index (χ4n) is 0.878. The molecule has 0 saturated carbocycles. The van der Waals surface area contributed by atoms with Gasteiger partial charge < -0.3 is 4.84 Å². The van der Waals surface area contributed by atoms with E-state index in [1.54, 1.807) is 0 Å². The molecule has 0 amide bonds. The highest BCUT2D eigenvalue weighted by Gasteiger charge is 2.18. The van der Waals surface area contributed by atoms with Crippen LogP contribution in [0.3, 0.4) is 0 Å². The predicted molar refractivity (Wildman–Crippen MR) is 38.1 cm³/mol. The Kier molecular flexibility index (Phi) is 2.55. The number of rotatable bonds is 2. The van der Waals surface area contributed by atoms with E-state index in [9.17, 15) is 0 Å². The lowest BCUT2D eigenvalue weighted by Crippen LogP contribution is -2.30. The van der Waals surface area contributed by atoms with Gasteiger partial charge in [-0.15, -0.1) is 0 Å². The molecule has 1 heterocycles. The summed E-state index contributed by atoms with van der Waals surface area (Å²) in [6.45, 7) is 5.20. The van der Waals surface area contributed by atoms with E-state index in [4.69, 9.17) is 4.84 Å². The first-order valence-electron chi connectivity index (χ1n) is 3.59. The van der Waals surface area contributed by atoms with Crippen molar-refractivity contribution in [2.75, 3.05) is 6.61 Å². The number of hydroxylamine groups is 1. The molecule has 0 aromatic carbocycles. The lowest BCUT2D eigenvalue weighted by Gasteiger charge is -2.20. The summed E-state index contributed by atoms with van der Waals surface area (Å²) in [6, 6.07) is 0.549. The van der Waals surface area contributed by atoms with Gasteiger partial charge in [0.1, 0.15) is 0 Å². The average Bonchev–Trinajstić information content (AvgIpc) is 2.37. The van der Waals surface area contributed by atoms with Crippen molar-refractivity contribution < 1.29 is 4.84 Å². The van der Waals surface area contributed by atoms with E-state index < -0.39 is 0 Å². The number of hydrogen-bond acceptors (Lipinski definition) is 2. The minimum absolute atomic E-state index is 0.549. The van der Waals surface area contributed by atoms with E-state index >= 15 is 0 Å². The van der Waals surface area contributed by atoms with Gasteiger partial charge in [-0.05, 0) is 19.7 Å². The van der Waals surface area contributed by atoms with Gasteiger partial charge >= 0.3 is 0 Å². The summed E-state index contributed by atoms with van der Waals surface area (Å²) in [5, 5.41) is 0. The third-order valence-electron chi connectivity index (χ3n) is 1.69. The van der Waals surface area contributed by atoms with Crippen molar-refractivity contribution in [3.05, 3.63) is 0 Å². The number of hydrogen-bond donors (Lipinski definition) is 0. The zero-order valence-corrected chi connectivity index (χ0v) is 6.13. The molecular weight excluding hydrogens is 113 g/mol. The zero-order chi connectivity index (χ0) is 6.69. The standard InChI is InChI=1S/C6H13BNO/c1-3-6(2)8-7-4-5-9-8/h6H,3-5H2,1-2H3. The first kappa shape index (κ1) is 7.10. The molecule has 1 saturated heterocycles. The van der Waals surface area contributed by atoms with Crippen molar-refractivity contribution in [1.29, 1.82) is 0 Å². The Hall–Kier alpha value is -0.0151. The van der Waals surface area contributed by atoms with Crippen molar-refractivity contribution in [3.8, 4) is 0 Å². The molecule has 0 aromatic heterocycles. The van der Waals surface area contributed by atoms with Gasteiger partial charge in [-0.3, -0.25) is 0 Å². The van der Waals surface area contributed by atoms with Crippen LogP contribution in [-0.2, 0) is 4.84 Å². The van der Waals surface area contributed by atoms with E-state index in [1.165, 1.54) is 0 Å². The Balaban J connectivity index is 2.24. The molecule has 2 nitrogen and oxygen atoms in total. The fourth-order valence-corrected chi connectivity index (χ4v) is 0.878. The van der Waals surface area contributed by atoms with Crippen LogP contribution < -0.4 is 0 Å². The van der Waals surface area contributed by atoms with Crippen LogP contribution in [0.15, 0.2) is 0 Å². The summed E-state index contributed by atoms with van der Waals surface area (Å²) in [7, 11) is 2.12. The summed E-state index contributed by atoms with van der Waals surface area (Å²) >= 11 is 0. The van der Waals surface area contributed by atoms with Crippen LogP contribution >= 0.6 is 0 Å². The molecule has 0 aromatic rings. The second-order valence-electron chi connectivity index (χ2n) is 2.42. The van der Waals surface area contributed by atoms with E-state index in [0.717, 1.165) is 19.3 Å². The van der Waals surface area contributed by atoms with E-state index in [2.05, 4.69) is 21.3 Å². The van der Waals surface area contributed by atoms with Crippen molar-refractivity contribution in [1.82, 2.24) is 4.97 Å². The molecule has 1 rings (SSSR count). The molecule has 3 heteroatoms. The van der Waals surface area contributed by atoms with E-state index in [1.807, 2.05) is 4.97 Å². The average molecular weight is 126 g/mol. The minimum atomic E-state index is 0.549. The SMILES string of the molecule is CCC(C)N1[B]CCO1. The minimum Gasteiger partial charge on any atom is -0.312 e. The van der Waals surface area contributed by atoms with Gasteiger partial charge in [-0.2, -0.15) is 0 Å². The van der Waals surface area contributed by atoms with Crippen LogP contribution in [0.25, 0.3) is 0 Å². The largest absolute Gasteiger partial charge is 0.312 e. The lowest BCUT2D eigenvalue weighted by molar-refractivity contribution is -0.0869. The molecule has 0 bridgehead atoms. The lowest BCUT2D eigenvalue weighted by atomic mass is 9.89. The molecule has 1 atom stereocenters. The Morgan fingerprint density at radius 1 is 1.78 bits per heavy atom. The Bertz CT molecular complexity index is 83.1. The van der Waals surface area contributed by atoms with Gasteiger partial charge in [0.05, 0.1) is 6.61 Å². The van der Waals surface area contributed by atoms with Crippen LogP contribution in [0.2, 0.25) is 6.32 Å². The molecule has 0 N–H and O–H groups in total. The van der Waals surface area contributed by atoms with Gasteiger partial charge in [-0.1, -0.05) is 6.92 Å². The van der Waals surface area contributed by atoms with Gasteiger partial charge in [0.15, 0.2) is 0 Å². The molecule has 0 aliphatic carbocycles. The first-order chi connectivity index (χ1) is 4.34. The molecule has 0 spiro atoms. The smallest absolute Gasteiger partial charge is 0.249 e. The van der Waals surface area contributed by atoms with Crippen LogP contribution in [0.4, 0.5) is 0 Å². The van der Waals surface area contributed by atoms with Gasteiger partial charge in [0.25, 0.3) is 0 Å². The predicted octanol–water partition coefficient (Wildman–Crippen LogP) is 1.07. The summed E-state index contributed by atoms with van der Waals surface area (Å²) in [5.74, 6) is 0. The third kappa shape index (κ3) is 1.70.